The summed E-state index contributed by atoms with van der Waals surface area (Å²) in [6, 6.07) is 0. The molecule has 1 N–H and O–H groups in total. The van der Waals surface area contributed by atoms with Crippen LogP contribution >= 0.6 is 0 Å². The third-order valence-electron chi connectivity index (χ3n) is 2.42. The van der Waals surface area contributed by atoms with Gasteiger partial charge in [-0.2, -0.15) is 0 Å². The summed E-state index contributed by atoms with van der Waals surface area (Å²) in [5.41, 5.74) is 0. The van der Waals surface area contributed by atoms with Crippen molar-refractivity contribution in [2.45, 2.75) is 32.9 Å². The molecule has 0 bridgehead atoms. The summed E-state index contributed by atoms with van der Waals surface area (Å²) in [6.07, 6.45) is 6.76. The van der Waals surface area contributed by atoms with Gasteiger partial charge in [0.2, 0.25) is 0 Å². The molecule has 0 saturated heterocycles. The molecule has 0 aliphatic rings. The van der Waals surface area contributed by atoms with Gasteiger partial charge in [-0.1, -0.05) is 6.92 Å². The van der Waals surface area contributed by atoms with Crippen LogP contribution in [-0.4, -0.2) is 36.5 Å². The van der Waals surface area contributed by atoms with Crippen molar-refractivity contribution in [3.05, 3.63) is 18.2 Å². The van der Waals surface area contributed by atoms with Crippen molar-refractivity contribution in [1.82, 2.24) is 14.9 Å². The van der Waals surface area contributed by atoms with Crippen molar-refractivity contribution in [1.29, 1.82) is 0 Å². The highest BCUT2D eigenvalue weighted by Crippen LogP contribution is 1.99. The lowest BCUT2D eigenvalue weighted by atomic mass is 10.4. The van der Waals surface area contributed by atoms with Crippen molar-refractivity contribution in [3.63, 3.8) is 0 Å². The molecule has 0 aliphatic carbocycles. The number of hydrogen-bond acceptors (Lipinski definition) is 4. The fraction of sp³-hybridized carbons (Fsp3) is 0.727. The van der Waals surface area contributed by atoms with E-state index in [9.17, 15) is 8.42 Å². The van der Waals surface area contributed by atoms with Gasteiger partial charge in [0.1, 0.15) is 15.7 Å². The first kappa shape index (κ1) is 14.2. The molecule has 0 aliphatic heterocycles. The van der Waals surface area contributed by atoms with E-state index in [1.165, 1.54) is 6.26 Å². The van der Waals surface area contributed by atoms with Gasteiger partial charge < -0.3 is 9.88 Å². The monoisotopic (exact) mass is 259 g/mol. The van der Waals surface area contributed by atoms with E-state index < -0.39 is 9.84 Å². The van der Waals surface area contributed by atoms with Crippen LogP contribution < -0.4 is 5.32 Å². The van der Waals surface area contributed by atoms with Crippen molar-refractivity contribution in [2.24, 2.45) is 0 Å². The predicted molar refractivity (Wildman–Crippen MR) is 68.6 cm³/mol. The molecule has 0 aromatic carbocycles. The third kappa shape index (κ3) is 5.83. The zero-order chi connectivity index (χ0) is 12.7. The average Bonchev–Trinajstić information content (AvgIpc) is 2.64. The van der Waals surface area contributed by atoms with Crippen LogP contribution in [0.3, 0.4) is 0 Å². The molecule has 1 rings (SSSR count). The zero-order valence-electron chi connectivity index (χ0n) is 10.5. The van der Waals surface area contributed by atoms with Gasteiger partial charge in [-0.3, -0.25) is 0 Å². The van der Waals surface area contributed by atoms with E-state index in [2.05, 4.69) is 21.8 Å². The van der Waals surface area contributed by atoms with E-state index in [1.54, 1.807) is 6.20 Å². The summed E-state index contributed by atoms with van der Waals surface area (Å²) in [5, 5.41) is 3.21. The second-order valence-electron chi connectivity index (χ2n) is 4.20. The molecule has 0 unspecified atom stereocenters. The van der Waals surface area contributed by atoms with Crippen LogP contribution in [0.2, 0.25) is 0 Å². The van der Waals surface area contributed by atoms with E-state index in [0.717, 1.165) is 18.8 Å². The van der Waals surface area contributed by atoms with E-state index in [0.29, 0.717) is 19.5 Å². The number of sulfone groups is 1. The average molecular weight is 259 g/mol. The van der Waals surface area contributed by atoms with Gasteiger partial charge in [0.25, 0.3) is 0 Å². The Morgan fingerprint density at radius 2 is 2.24 bits per heavy atom. The molecule has 6 heteroatoms. The molecule has 1 heterocycles. The maximum Gasteiger partial charge on any atom is 0.147 e. The number of hydrogen-bond donors (Lipinski definition) is 1. The summed E-state index contributed by atoms with van der Waals surface area (Å²) in [5.74, 6) is 1.25. The molecule has 5 nitrogen and oxygen atoms in total. The Kier molecular flexibility index (Phi) is 5.64. The van der Waals surface area contributed by atoms with Gasteiger partial charge in [-0.15, -0.1) is 0 Å². The third-order valence-corrected chi connectivity index (χ3v) is 3.45. The van der Waals surface area contributed by atoms with Crippen LogP contribution in [0, 0.1) is 0 Å². The molecule has 98 valence electrons. The molecule has 0 amide bonds. The van der Waals surface area contributed by atoms with E-state index in [1.807, 2.05) is 6.20 Å². The minimum absolute atomic E-state index is 0.239. The summed E-state index contributed by atoms with van der Waals surface area (Å²) in [7, 11) is -2.84. The van der Waals surface area contributed by atoms with Gasteiger partial charge in [-0.05, 0) is 19.4 Å². The summed E-state index contributed by atoms with van der Waals surface area (Å²) < 4.78 is 24.0. The lowest BCUT2D eigenvalue weighted by Gasteiger charge is -2.07. The Labute approximate surface area is 103 Å². The number of nitrogens with zero attached hydrogens (tertiary/aromatic N) is 2. The molecule has 1 aromatic heterocycles. The SMILES string of the molecule is CCCn1ccnc1CNCCCS(C)(=O)=O. The van der Waals surface area contributed by atoms with Gasteiger partial charge in [0.05, 0.1) is 12.3 Å². The maximum absolute atomic E-state index is 10.9. The van der Waals surface area contributed by atoms with Crippen LogP contribution in [0.4, 0.5) is 0 Å². The smallest absolute Gasteiger partial charge is 0.147 e. The number of aryl methyl sites for hydroxylation is 1. The standard InChI is InChI=1S/C11H21N3O2S/c1-3-7-14-8-6-13-11(14)10-12-5-4-9-17(2,15)16/h6,8,12H,3-5,7,9-10H2,1-2H3. The largest absolute Gasteiger partial charge is 0.334 e. The minimum Gasteiger partial charge on any atom is -0.334 e. The van der Waals surface area contributed by atoms with Gasteiger partial charge >= 0.3 is 0 Å². The highest BCUT2D eigenvalue weighted by molar-refractivity contribution is 7.90. The Hall–Kier alpha value is -0.880. The molecule has 0 spiro atoms. The molecule has 17 heavy (non-hydrogen) atoms. The summed E-state index contributed by atoms with van der Waals surface area (Å²) >= 11 is 0. The van der Waals surface area contributed by atoms with Crippen molar-refractivity contribution >= 4 is 9.84 Å². The zero-order valence-corrected chi connectivity index (χ0v) is 11.3. The summed E-state index contributed by atoms with van der Waals surface area (Å²) in [6.45, 7) is 4.49. The Balaban J connectivity index is 2.24. The predicted octanol–water partition coefficient (Wildman–Crippen LogP) is 0.817. The first-order valence-corrected chi connectivity index (χ1v) is 7.97. The van der Waals surface area contributed by atoms with Crippen LogP contribution in [0.1, 0.15) is 25.6 Å². The topological polar surface area (TPSA) is 64.0 Å². The molecule has 0 fully saturated rings. The number of rotatable bonds is 8. The van der Waals surface area contributed by atoms with E-state index in [4.69, 9.17) is 0 Å². The highest BCUT2D eigenvalue weighted by Gasteiger charge is 2.03. The second-order valence-corrected chi connectivity index (χ2v) is 6.46. The molecule has 0 radical (unpaired) electrons. The normalized spacial score (nSPS) is 11.9. The Bertz CT molecular complexity index is 426. The fourth-order valence-corrected chi connectivity index (χ4v) is 2.28. The van der Waals surface area contributed by atoms with Crippen molar-refractivity contribution < 1.29 is 8.42 Å². The molecule has 0 saturated carbocycles. The molecule has 1 aromatic rings. The number of aromatic nitrogens is 2. The first-order valence-electron chi connectivity index (χ1n) is 5.91. The van der Waals surface area contributed by atoms with Crippen LogP contribution in [0.5, 0.6) is 0 Å². The Morgan fingerprint density at radius 1 is 1.47 bits per heavy atom. The van der Waals surface area contributed by atoms with E-state index >= 15 is 0 Å². The number of nitrogens with one attached hydrogen (secondary N) is 1. The van der Waals surface area contributed by atoms with E-state index in [-0.39, 0.29) is 5.75 Å². The van der Waals surface area contributed by atoms with Gasteiger partial charge in [0.15, 0.2) is 0 Å². The van der Waals surface area contributed by atoms with Crippen molar-refractivity contribution in [3.8, 4) is 0 Å². The molecular weight excluding hydrogens is 238 g/mol. The highest BCUT2D eigenvalue weighted by atomic mass is 32.2. The number of imidazole rings is 1. The lowest BCUT2D eigenvalue weighted by Crippen LogP contribution is -2.20. The Morgan fingerprint density at radius 3 is 2.88 bits per heavy atom. The van der Waals surface area contributed by atoms with Crippen LogP contribution in [0.15, 0.2) is 12.4 Å². The minimum atomic E-state index is -2.84. The quantitative estimate of drug-likeness (QED) is 0.702. The van der Waals surface area contributed by atoms with Crippen LogP contribution in [0.25, 0.3) is 0 Å². The maximum atomic E-state index is 10.9. The fourth-order valence-electron chi connectivity index (χ4n) is 1.61. The second kappa shape index (κ2) is 6.76. The first-order chi connectivity index (χ1) is 8.03. The molecule has 0 atom stereocenters. The van der Waals surface area contributed by atoms with Gasteiger partial charge in [0, 0.05) is 25.2 Å². The van der Waals surface area contributed by atoms with Gasteiger partial charge in [-0.25, -0.2) is 13.4 Å². The lowest BCUT2D eigenvalue weighted by molar-refractivity contribution is 0.577. The van der Waals surface area contributed by atoms with Crippen LogP contribution in [-0.2, 0) is 22.9 Å². The van der Waals surface area contributed by atoms with Crippen molar-refractivity contribution in [2.75, 3.05) is 18.6 Å². The molecular formula is C11H21N3O2S. The summed E-state index contributed by atoms with van der Waals surface area (Å²) in [4.78, 5) is 4.26.